The minimum atomic E-state index is -0.0894. The Morgan fingerprint density at radius 3 is 2.05 bits per heavy atom. The van der Waals surface area contributed by atoms with Crippen molar-refractivity contribution in [2.75, 3.05) is 20.8 Å². The maximum atomic E-state index is 12.2. The third-order valence-electron chi connectivity index (χ3n) is 3.72. The fourth-order valence-corrected chi connectivity index (χ4v) is 2.13. The van der Waals surface area contributed by atoms with Crippen molar-refractivity contribution in [1.29, 1.82) is 0 Å². The van der Waals surface area contributed by atoms with Crippen LogP contribution in [0.3, 0.4) is 0 Å². The third-order valence-corrected chi connectivity index (χ3v) is 3.72. The summed E-state index contributed by atoms with van der Waals surface area (Å²) < 4.78 is 10.6. The highest BCUT2D eigenvalue weighted by Gasteiger charge is 2.14. The summed E-state index contributed by atoms with van der Waals surface area (Å²) in [7, 11) is 3.18. The van der Waals surface area contributed by atoms with Crippen molar-refractivity contribution in [3.63, 3.8) is 0 Å². The van der Waals surface area contributed by atoms with E-state index in [1.54, 1.807) is 26.4 Å². The van der Waals surface area contributed by atoms with E-state index in [9.17, 15) is 4.79 Å². The van der Waals surface area contributed by atoms with Gasteiger partial charge in [0.25, 0.3) is 5.91 Å². The van der Waals surface area contributed by atoms with Gasteiger partial charge in [0.05, 0.1) is 14.2 Å². The lowest BCUT2D eigenvalue weighted by molar-refractivity contribution is 0.0945. The van der Waals surface area contributed by atoms with E-state index in [2.05, 4.69) is 19.2 Å². The van der Waals surface area contributed by atoms with Gasteiger partial charge >= 0.3 is 0 Å². The standard InChI is InChI=1S/C16H25NO3/c1-6-12(7-2)10-17-16(18)13-8-14(19-4)11(3)15(9-13)20-5/h8-9,12H,6-7,10H2,1-5H3,(H,17,18). The highest BCUT2D eigenvalue weighted by atomic mass is 16.5. The minimum Gasteiger partial charge on any atom is -0.496 e. The highest BCUT2D eigenvalue weighted by Crippen LogP contribution is 2.29. The topological polar surface area (TPSA) is 47.6 Å². The monoisotopic (exact) mass is 279 g/mol. The molecule has 1 N–H and O–H groups in total. The van der Waals surface area contributed by atoms with Gasteiger partial charge in [-0.05, 0) is 25.0 Å². The summed E-state index contributed by atoms with van der Waals surface area (Å²) in [6.45, 7) is 6.88. The second-order valence-electron chi connectivity index (χ2n) is 4.90. The number of benzene rings is 1. The Hall–Kier alpha value is -1.71. The highest BCUT2D eigenvalue weighted by molar-refractivity contribution is 5.95. The van der Waals surface area contributed by atoms with Crippen molar-refractivity contribution >= 4 is 5.91 Å². The average Bonchev–Trinajstić information content (AvgIpc) is 2.48. The molecule has 0 heterocycles. The molecule has 4 heteroatoms. The number of methoxy groups -OCH3 is 2. The lowest BCUT2D eigenvalue weighted by Gasteiger charge is -2.15. The van der Waals surface area contributed by atoms with Crippen molar-refractivity contribution in [2.24, 2.45) is 5.92 Å². The van der Waals surface area contributed by atoms with Crippen LogP contribution in [0.4, 0.5) is 0 Å². The summed E-state index contributed by atoms with van der Waals surface area (Å²) in [5.74, 6) is 1.76. The fraction of sp³-hybridized carbons (Fsp3) is 0.562. The van der Waals surface area contributed by atoms with Crippen LogP contribution >= 0.6 is 0 Å². The summed E-state index contributed by atoms with van der Waals surface area (Å²) in [6.07, 6.45) is 2.13. The minimum absolute atomic E-state index is 0.0894. The second-order valence-corrected chi connectivity index (χ2v) is 4.90. The van der Waals surface area contributed by atoms with Gasteiger partial charge in [-0.2, -0.15) is 0 Å². The molecule has 1 amide bonds. The summed E-state index contributed by atoms with van der Waals surface area (Å²) in [6, 6.07) is 3.50. The molecule has 0 saturated carbocycles. The number of nitrogens with one attached hydrogen (secondary N) is 1. The predicted molar refractivity (Wildman–Crippen MR) is 80.7 cm³/mol. The number of ether oxygens (including phenoxy) is 2. The third kappa shape index (κ3) is 3.89. The van der Waals surface area contributed by atoms with E-state index in [-0.39, 0.29) is 5.91 Å². The molecule has 0 fully saturated rings. The summed E-state index contributed by atoms with van der Waals surface area (Å²) in [5.41, 5.74) is 1.46. The summed E-state index contributed by atoms with van der Waals surface area (Å²) >= 11 is 0. The molecule has 0 aliphatic heterocycles. The number of amides is 1. The molecule has 0 aromatic heterocycles. The smallest absolute Gasteiger partial charge is 0.251 e. The number of carbonyl (C=O) groups is 1. The van der Waals surface area contributed by atoms with Crippen LogP contribution in [0, 0.1) is 12.8 Å². The van der Waals surface area contributed by atoms with Crippen LogP contribution in [0.25, 0.3) is 0 Å². The predicted octanol–water partition coefficient (Wildman–Crippen LogP) is 3.18. The van der Waals surface area contributed by atoms with Crippen molar-refractivity contribution in [2.45, 2.75) is 33.6 Å². The zero-order valence-corrected chi connectivity index (χ0v) is 13.1. The maximum absolute atomic E-state index is 12.2. The average molecular weight is 279 g/mol. The van der Waals surface area contributed by atoms with E-state index in [1.165, 1.54) is 0 Å². The molecule has 0 bridgehead atoms. The molecule has 0 unspecified atom stereocenters. The lowest BCUT2D eigenvalue weighted by atomic mass is 10.0. The Bertz CT molecular complexity index is 428. The van der Waals surface area contributed by atoms with Crippen LogP contribution < -0.4 is 14.8 Å². The van der Waals surface area contributed by atoms with Crippen molar-refractivity contribution in [3.8, 4) is 11.5 Å². The largest absolute Gasteiger partial charge is 0.496 e. The first kappa shape index (κ1) is 16.3. The molecule has 0 aliphatic rings. The Labute approximate surface area is 121 Å². The van der Waals surface area contributed by atoms with E-state index >= 15 is 0 Å². The fourth-order valence-electron chi connectivity index (χ4n) is 2.13. The van der Waals surface area contributed by atoms with Gasteiger partial charge in [0.1, 0.15) is 11.5 Å². The summed E-state index contributed by atoms with van der Waals surface area (Å²) in [5, 5.41) is 2.97. The molecule has 1 aromatic carbocycles. The van der Waals surface area contributed by atoms with Crippen molar-refractivity contribution in [1.82, 2.24) is 5.32 Å². The Morgan fingerprint density at radius 1 is 1.15 bits per heavy atom. The normalized spacial score (nSPS) is 10.5. The zero-order chi connectivity index (χ0) is 15.1. The first-order chi connectivity index (χ1) is 9.57. The van der Waals surface area contributed by atoms with E-state index in [4.69, 9.17) is 9.47 Å². The van der Waals surface area contributed by atoms with Crippen LogP contribution in [-0.4, -0.2) is 26.7 Å². The van der Waals surface area contributed by atoms with Crippen LogP contribution in [-0.2, 0) is 0 Å². The quantitative estimate of drug-likeness (QED) is 0.834. The molecule has 0 radical (unpaired) electrons. The van der Waals surface area contributed by atoms with E-state index < -0.39 is 0 Å². The molecule has 0 saturated heterocycles. The van der Waals surface area contributed by atoms with Gasteiger partial charge < -0.3 is 14.8 Å². The Morgan fingerprint density at radius 2 is 1.65 bits per heavy atom. The van der Waals surface area contributed by atoms with E-state index in [0.717, 1.165) is 18.4 Å². The van der Waals surface area contributed by atoms with Crippen molar-refractivity contribution in [3.05, 3.63) is 23.3 Å². The Balaban J connectivity index is 2.87. The molecule has 1 aromatic rings. The first-order valence-corrected chi connectivity index (χ1v) is 7.08. The SMILES string of the molecule is CCC(CC)CNC(=O)c1cc(OC)c(C)c(OC)c1. The van der Waals surface area contributed by atoms with Gasteiger partial charge in [-0.25, -0.2) is 0 Å². The molecule has 20 heavy (non-hydrogen) atoms. The van der Waals surface area contributed by atoms with Crippen LogP contribution in [0.1, 0.15) is 42.6 Å². The van der Waals surface area contributed by atoms with Gasteiger partial charge in [0, 0.05) is 17.7 Å². The van der Waals surface area contributed by atoms with E-state index in [0.29, 0.717) is 29.5 Å². The summed E-state index contributed by atoms with van der Waals surface area (Å²) in [4.78, 5) is 12.2. The number of hydrogen-bond donors (Lipinski definition) is 1. The van der Waals surface area contributed by atoms with Crippen LogP contribution in [0.5, 0.6) is 11.5 Å². The number of carbonyl (C=O) groups excluding carboxylic acids is 1. The van der Waals surface area contributed by atoms with E-state index in [1.807, 2.05) is 6.92 Å². The Kier molecular flexibility index (Phi) is 6.36. The number of rotatable bonds is 7. The first-order valence-electron chi connectivity index (χ1n) is 7.08. The van der Waals surface area contributed by atoms with Gasteiger partial charge in [0.2, 0.25) is 0 Å². The molecule has 1 rings (SSSR count). The molecule has 112 valence electrons. The van der Waals surface area contributed by atoms with Gasteiger partial charge in [-0.3, -0.25) is 4.79 Å². The van der Waals surface area contributed by atoms with Gasteiger partial charge in [0.15, 0.2) is 0 Å². The van der Waals surface area contributed by atoms with Gasteiger partial charge in [-0.15, -0.1) is 0 Å². The van der Waals surface area contributed by atoms with Crippen LogP contribution in [0.15, 0.2) is 12.1 Å². The molecule has 0 spiro atoms. The van der Waals surface area contributed by atoms with Crippen LogP contribution in [0.2, 0.25) is 0 Å². The molecule has 4 nitrogen and oxygen atoms in total. The zero-order valence-electron chi connectivity index (χ0n) is 13.1. The number of hydrogen-bond acceptors (Lipinski definition) is 3. The maximum Gasteiger partial charge on any atom is 0.251 e. The molecule has 0 atom stereocenters. The molecular weight excluding hydrogens is 254 g/mol. The van der Waals surface area contributed by atoms with Crippen molar-refractivity contribution < 1.29 is 14.3 Å². The molecule has 0 aliphatic carbocycles. The molecular formula is C16H25NO3. The second kappa shape index (κ2) is 7.78. The lowest BCUT2D eigenvalue weighted by Crippen LogP contribution is -2.29. The van der Waals surface area contributed by atoms with Gasteiger partial charge in [-0.1, -0.05) is 26.7 Å².